The van der Waals surface area contributed by atoms with Crippen LogP contribution in [0.1, 0.15) is 29.7 Å². The molecule has 1 fully saturated rings. The van der Waals surface area contributed by atoms with E-state index in [4.69, 9.17) is 5.73 Å². The second kappa shape index (κ2) is 7.19. The Morgan fingerprint density at radius 2 is 2.30 bits per heavy atom. The van der Waals surface area contributed by atoms with Gasteiger partial charge in [-0.25, -0.2) is 9.37 Å². The summed E-state index contributed by atoms with van der Waals surface area (Å²) in [6.07, 6.45) is 5.33. The fourth-order valence-corrected chi connectivity index (χ4v) is 4.01. The van der Waals surface area contributed by atoms with E-state index in [1.54, 1.807) is 12.3 Å². The van der Waals surface area contributed by atoms with Gasteiger partial charge in [0.2, 0.25) is 5.91 Å². The number of carbonyl (C=O) groups is 1. The highest BCUT2D eigenvalue weighted by atomic mass is 32.1. The molecule has 0 unspecified atom stereocenters. The maximum atomic E-state index is 13.2. The van der Waals surface area contributed by atoms with E-state index >= 15 is 0 Å². The molecule has 1 aliphatic carbocycles. The molecule has 0 spiro atoms. The fourth-order valence-electron chi connectivity index (χ4n) is 3.16. The van der Waals surface area contributed by atoms with Gasteiger partial charge in [0.15, 0.2) is 5.13 Å². The van der Waals surface area contributed by atoms with Gasteiger partial charge in [0.1, 0.15) is 5.82 Å². The molecule has 0 saturated heterocycles. The zero-order valence-corrected chi connectivity index (χ0v) is 13.6. The van der Waals surface area contributed by atoms with Crippen LogP contribution in [0.2, 0.25) is 0 Å². The highest BCUT2D eigenvalue weighted by molar-refractivity contribution is 7.15. The van der Waals surface area contributed by atoms with Crippen molar-refractivity contribution in [3.8, 4) is 0 Å². The van der Waals surface area contributed by atoms with Gasteiger partial charge in [-0.05, 0) is 43.0 Å². The highest BCUT2D eigenvalue weighted by Gasteiger charge is 2.32. The molecule has 122 valence electrons. The van der Waals surface area contributed by atoms with Crippen molar-refractivity contribution in [2.75, 3.05) is 11.9 Å². The maximum absolute atomic E-state index is 13.2. The molecule has 0 aliphatic heterocycles. The van der Waals surface area contributed by atoms with Crippen LogP contribution in [-0.2, 0) is 11.2 Å². The lowest BCUT2D eigenvalue weighted by Crippen LogP contribution is -2.29. The van der Waals surface area contributed by atoms with E-state index in [0.29, 0.717) is 18.1 Å². The van der Waals surface area contributed by atoms with Crippen molar-refractivity contribution in [3.05, 3.63) is 46.7 Å². The Balaban J connectivity index is 1.62. The van der Waals surface area contributed by atoms with E-state index in [0.717, 1.165) is 29.7 Å². The zero-order chi connectivity index (χ0) is 16.2. The summed E-state index contributed by atoms with van der Waals surface area (Å²) < 4.78 is 13.2. The van der Waals surface area contributed by atoms with Gasteiger partial charge in [0, 0.05) is 23.4 Å². The van der Waals surface area contributed by atoms with Gasteiger partial charge in [-0.3, -0.25) is 4.79 Å². The van der Waals surface area contributed by atoms with E-state index in [1.165, 1.54) is 23.5 Å². The van der Waals surface area contributed by atoms with Crippen molar-refractivity contribution >= 4 is 22.4 Å². The highest BCUT2D eigenvalue weighted by Crippen LogP contribution is 2.32. The molecular formula is C17H20FN3OS. The number of halogens is 1. The molecule has 3 rings (SSSR count). The second-order valence-electron chi connectivity index (χ2n) is 5.96. The lowest BCUT2D eigenvalue weighted by molar-refractivity contribution is -0.120. The molecule has 0 radical (unpaired) electrons. The van der Waals surface area contributed by atoms with E-state index in [1.807, 2.05) is 6.07 Å². The summed E-state index contributed by atoms with van der Waals surface area (Å²) in [5, 5.41) is 3.51. The number of nitrogens with two attached hydrogens (primary N) is 1. The van der Waals surface area contributed by atoms with Gasteiger partial charge >= 0.3 is 0 Å². The Bertz CT molecular complexity index is 688. The minimum Gasteiger partial charge on any atom is -0.330 e. The number of hydrogen-bond acceptors (Lipinski definition) is 4. The van der Waals surface area contributed by atoms with E-state index in [-0.39, 0.29) is 23.6 Å². The summed E-state index contributed by atoms with van der Waals surface area (Å²) in [4.78, 5) is 17.6. The van der Waals surface area contributed by atoms with Gasteiger partial charge in [0.25, 0.3) is 0 Å². The summed E-state index contributed by atoms with van der Waals surface area (Å²) in [5.41, 5.74) is 6.63. The van der Waals surface area contributed by atoms with Crippen molar-refractivity contribution in [1.82, 2.24) is 4.98 Å². The summed E-state index contributed by atoms with van der Waals surface area (Å²) in [5.74, 6) is 0.0523. The number of amides is 1. The fraction of sp³-hybridized carbons (Fsp3) is 0.412. The number of carbonyl (C=O) groups excluding carboxylic acids is 1. The van der Waals surface area contributed by atoms with Crippen molar-refractivity contribution in [3.63, 3.8) is 0 Å². The Labute approximate surface area is 138 Å². The number of rotatable bonds is 5. The summed E-state index contributed by atoms with van der Waals surface area (Å²) in [6.45, 7) is 0.556. The van der Waals surface area contributed by atoms with Crippen LogP contribution in [0.3, 0.4) is 0 Å². The molecule has 6 heteroatoms. The van der Waals surface area contributed by atoms with Crippen LogP contribution >= 0.6 is 11.3 Å². The lowest BCUT2D eigenvalue weighted by atomic mass is 9.95. The number of anilines is 1. The van der Waals surface area contributed by atoms with Gasteiger partial charge in [-0.1, -0.05) is 18.6 Å². The van der Waals surface area contributed by atoms with Gasteiger partial charge in [-0.15, -0.1) is 11.3 Å². The van der Waals surface area contributed by atoms with Crippen LogP contribution in [-0.4, -0.2) is 17.4 Å². The van der Waals surface area contributed by atoms with Crippen molar-refractivity contribution in [2.45, 2.75) is 25.7 Å². The van der Waals surface area contributed by atoms with Gasteiger partial charge < -0.3 is 11.1 Å². The molecule has 1 heterocycles. The molecule has 4 nitrogen and oxygen atoms in total. The zero-order valence-electron chi connectivity index (χ0n) is 12.8. The number of nitrogens with one attached hydrogen (secondary N) is 1. The largest absolute Gasteiger partial charge is 0.330 e. The average Bonchev–Trinajstić information content (AvgIpc) is 3.16. The van der Waals surface area contributed by atoms with Crippen LogP contribution < -0.4 is 11.1 Å². The predicted octanol–water partition coefficient (Wildman–Crippen LogP) is 3.19. The Kier molecular flexibility index (Phi) is 5.03. The molecule has 1 amide bonds. The molecule has 1 aromatic carbocycles. The summed E-state index contributed by atoms with van der Waals surface area (Å²) in [6, 6.07) is 6.52. The first-order chi connectivity index (χ1) is 11.2. The first-order valence-electron chi connectivity index (χ1n) is 7.86. The molecule has 3 N–H and O–H groups in total. The first kappa shape index (κ1) is 16.1. The molecular weight excluding hydrogens is 313 g/mol. The predicted molar refractivity (Wildman–Crippen MR) is 89.8 cm³/mol. The molecule has 1 aromatic heterocycles. The Morgan fingerprint density at radius 1 is 1.43 bits per heavy atom. The minimum absolute atomic E-state index is 0.00410. The lowest BCUT2D eigenvalue weighted by Gasteiger charge is -2.16. The van der Waals surface area contributed by atoms with E-state index < -0.39 is 0 Å². The number of hydrogen-bond donors (Lipinski definition) is 2. The standard InChI is InChI=1S/C17H20FN3OS/c18-13-5-1-3-11(7-13)8-14-10-20-17(23-14)21-16(22)15-6-2-4-12(15)9-19/h1,3,5,7,10,12,15H,2,4,6,8-9,19H2,(H,20,21,22)/t12-,15-/m1/s1. The van der Waals surface area contributed by atoms with Crippen LogP contribution in [0.4, 0.5) is 9.52 Å². The van der Waals surface area contributed by atoms with Crippen LogP contribution in [0.5, 0.6) is 0 Å². The second-order valence-corrected chi connectivity index (χ2v) is 7.08. The third-order valence-electron chi connectivity index (χ3n) is 4.35. The normalized spacial score (nSPS) is 20.6. The number of aromatic nitrogens is 1. The molecule has 1 aliphatic rings. The smallest absolute Gasteiger partial charge is 0.229 e. The van der Waals surface area contributed by atoms with E-state index in [2.05, 4.69) is 10.3 Å². The summed E-state index contributed by atoms with van der Waals surface area (Å²) >= 11 is 1.43. The third kappa shape index (κ3) is 3.95. The monoisotopic (exact) mass is 333 g/mol. The minimum atomic E-state index is -0.241. The number of thiazole rings is 1. The first-order valence-corrected chi connectivity index (χ1v) is 8.67. The van der Waals surface area contributed by atoms with Crippen LogP contribution in [0, 0.1) is 17.7 Å². The van der Waals surface area contributed by atoms with Crippen molar-refractivity contribution in [1.29, 1.82) is 0 Å². The number of nitrogens with zero attached hydrogens (tertiary/aromatic N) is 1. The van der Waals surface area contributed by atoms with Crippen molar-refractivity contribution in [2.24, 2.45) is 17.6 Å². The topological polar surface area (TPSA) is 68.0 Å². The molecule has 1 saturated carbocycles. The van der Waals surface area contributed by atoms with Gasteiger partial charge in [0.05, 0.1) is 0 Å². The van der Waals surface area contributed by atoms with Crippen LogP contribution in [0.15, 0.2) is 30.5 Å². The van der Waals surface area contributed by atoms with E-state index in [9.17, 15) is 9.18 Å². The van der Waals surface area contributed by atoms with Crippen molar-refractivity contribution < 1.29 is 9.18 Å². The molecule has 0 bridgehead atoms. The maximum Gasteiger partial charge on any atom is 0.229 e. The third-order valence-corrected chi connectivity index (χ3v) is 5.26. The van der Waals surface area contributed by atoms with Gasteiger partial charge in [-0.2, -0.15) is 0 Å². The van der Waals surface area contributed by atoms with Crippen LogP contribution in [0.25, 0.3) is 0 Å². The SMILES string of the molecule is NC[C@H]1CCC[C@H]1C(=O)Nc1ncc(Cc2cccc(F)c2)s1. The Morgan fingerprint density at radius 3 is 3.09 bits per heavy atom. The Hall–Kier alpha value is -1.79. The quantitative estimate of drug-likeness (QED) is 0.883. The molecule has 2 aromatic rings. The number of benzene rings is 1. The molecule has 2 atom stereocenters. The summed E-state index contributed by atoms with van der Waals surface area (Å²) in [7, 11) is 0. The average molecular weight is 333 g/mol. The molecule has 23 heavy (non-hydrogen) atoms.